The van der Waals surface area contributed by atoms with Gasteiger partial charge in [-0.1, -0.05) is 30.3 Å². The lowest BCUT2D eigenvalue weighted by Crippen LogP contribution is -2.06. The lowest BCUT2D eigenvalue weighted by molar-refractivity contribution is 0.884. The van der Waals surface area contributed by atoms with Crippen molar-refractivity contribution >= 4 is 11.4 Å². The van der Waals surface area contributed by atoms with Gasteiger partial charge in [0.2, 0.25) is 0 Å². The molecular weight excluding hydrogens is 220 g/mol. The zero-order chi connectivity index (χ0) is 12.4. The first-order valence-corrected chi connectivity index (χ1v) is 6.51. The van der Waals surface area contributed by atoms with Crippen LogP contribution < -0.4 is 10.6 Å². The average molecular weight is 238 g/mol. The van der Waals surface area contributed by atoms with Gasteiger partial charge in [0, 0.05) is 24.0 Å². The predicted octanol–water partition coefficient (Wildman–Crippen LogP) is 3.83. The fourth-order valence-corrected chi connectivity index (χ4v) is 2.47. The van der Waals surface area contributed by atoms with Crippen molar-refractivity contribution in [1.82, 2.24) is 0 Å². The Kier molecular flexibility index (Phi) is 2.93. The fourth-order valence-electron chi connectivity index (χ4n) is 2.47. The molecule has 0 saturated carbocycles. The molecule has 1 heterocycles. The molecule has 1 unspecified atom stereocenters. The molecule has 0 aromatic heterocycles. The van der Waals surface area contributed by atoms with Crippen molar-refractivity contribution in [3.63, 3.8) is 0 Å². The summed E-state index contributed by atoms with van der Waals surface area (Å²) in [4.78, 5) is 0. The summed E-state index contributed by atoms with van der Waals surface area (Å²) in [6.07, 6.45) is 1.13. The second-order valence-electron chi connectivity index (χ2n) is 4.83. The highest BCUT2D eigenvalue weighted by Crippen LogP contribution is 2.27. The molecule has 18 heavy (non-hydrogen) atoms. The van der Waals surface area contributed by atoms with E-state index in [1.807, 2.05) is 0 Å². The van der Waals surface area contributed by atoms with E-state index >= 15 is 0 Å². The van der Waals surface area contributed by atoms with Crippen LogP contribution in [0.2, 0.25) is 0 Å². The van der Waals surface area contributed by atoms with Crippen molar-refractivity contribution in [2.24, 2.45) is 0 Å². The zero-order valence-electron chi connectivity index (χ0n) is 10.6. The van der Waals surface area contributed by atoms with Crippen LogP contribution in [0.1, 0.15) is 24.1 Å². The van der Waals surface area contributed by atoms with E-state index in [-0.39, 0.29) is 0 Å². The molecule has 92 valence electrons. The summed E-state index contributed by atoms with van der Waals surface area (Å²) in [5, 5.41) is 6.94. The molecule has 0 spiro atoms. The molecule has 2 aromatic rings. The predicted molar refractivity (Wildman–Crippen MR) is 77.1 cm³/mol. The first kappa shape index (κ1) is 11.1. The van der Waals surface area contributed by atoms with E-state index in [0.29, 0.717) is 6.04 Å². The van der Waals surface area contributed by atoms with Gasteiger partial charge in [-0.2, -0.15) is 0 Å². The summed E-state index contributed by atoms with van der Waals surface area (Å²) in [7, 11) is 0. The van der Waals surface area contributed by atoms with E-state index in [1.165, 1.54) is 22.5 Å². The number of hydrogen-bond donors (Lipinski definition) is 2. The quantitative estimate of drug-likeness (QED) is 0.849. The Morgan fingerprint density at radius 2 is 1.94 bits per heavy atom. The van der Waals surface area contributed by atoms with Crippen LogP contribution in [-0.2, 0) is 6.42 Å². The van der Waals surface area contributed by atoms with Crippen molar-refractivity contribution in [1.29, 1.82) is 0 Å². The van der Waals surface area contributed by atoms with E-state index in [2.05, 4.69) is 66.1 Å². The van der Waals surface area contributed by atoms with Crippen molar-refractivity contribution in [3.8, 4) is 0 Å². The molecule has 3 rings (SSSR count). The van der Waals surface area contributed by atoms with Crippen LogP contribution >= 0.6 is 0 Å². The minimum atomic E-state index is 0.332. The minimum Gasteiger partial charge on any atom is -0.384 e. The molecule has 2 heteroatoms. The van der Waals surface area contributed by atoms with Crippen LogP contribution in [-0.4, -0.2) is 6.54 Å². The zero-order valence-corrected chi connectivity index (χ0v) is 10.6. The Morgan fingerprint density at radius 1 is 1.11 bits per heavy atom. The number of fused-ring (bicyclic) bond motifs is 1. The van der Waals surface area contributed by atoms with E-state index in [9.17, 15) is 0 Å². The summed E-state index contributed by atoms with van der Waals surface area (Å²) in [5.74, 6) is 0. The monoisotopic (exact) mass is 238 g/mol. The third-order valence-corrected chi connectivity index (χ3v) is 3.50. The van der Waals surface area contributed by atoms with Crippen LogP contribution in [0.3, 0.4) is 0 Å². The summed E-state index contributed by atoms with van der Waals surface area (Å²) < 4.78 is 0. The normalized spacial score (nSPS) is 14.7. The third-order valence-electron chi connectivity index (χ3n) is 3.50. The Bertz CT molecular complexity index is 534. The number of hydrogen-bond acceptors (Lipinski definition) is 2. The highest BCUT2D eigenvalue weighted by Gasteiger charge is 2.11. The Balaban J connectivity index is 1.77. The second-order valence-corrected chi connectivity index (χ2v) is 4.83. The first-order valence-electron chi connectivity index (χ1n) is 6.51. The smallest absolute Gasteiger partial charge is 0.0485 e. The van der Waals surface area contributed by atoms with Gasteiger partial charge in [0.25, 0.3) is 0 Å². The van der Waals surface area contributed by atoms with Gasteiger partial charge in [-0.25, -0.2) is 0 Å². The van der Waals surface area contributed by atoms with Gasteiger partial charge in [0.1, 0.15) is 0 Å². The molecular formula is C16H18N2. The van der Waals surface area contributed by atoms with Gasteiger partial charge in [0.05, 0.1) is 0 Å². The molecule has 2 N–H and O–H groups in total. The third kappa shape index (κ3) is 2.19. The number of nitrogens with one attached hydrogen (secondary N) is 2. The first-order chi connectivity index (χ1) is 8.83. The Labute approximate surface area is 108 Å². The Morgan fingerprint density at radius 3 is 2.78 bits per heavy atom. The molecule has 0 saturated heterocycles. The molecule has 0 amide bonds. The number of rotatable bonds is 3. The second kappa shape index (κ2) is 4.73. The molecule has 0 aliphatic carbocycles. The molecule has 0 bridgehead atoms. The largest absolute Gasteiger partial charge is 0.384 e. The van der Waals surface area contributed by atoms with Crippen LogP contribution in [0.4, 0.5) is 11.4 Å². The summed E-state index contributed by atoms with van der Waals surface area (Å²) >= 11 is 0. The maximum absolute atomic E-state index is 3.56. The number of anilines is 2. The van der Waals surface area contributed by atoms with Gasteiger partial charge in [-0.15, -0.1) is 0 Å². The van der Waals surface area contributed by atoms with Gasteiger partial charge >= 0.3 is 0 Å². The summed E-state index contributed by atoms with van der Waals surface area (Å²) in [6, 6.07) is 17.4. The van der Waals surface area contributed by atoms with Crippen molar-refractivity contribution in [3.05, 3.63) is 59.7 Å². The lowest BCUT2D eigenvalue weighted by Gasteiger charge is -2.16. The van der Waals surface area contributed by atoms with Crippen LogP contribution in [0.5, 0.6) is 0 Å². The molecule has 0 fully saturated rings. The standard InChI is InChI=1S/C16H18N2/c1-12(13-5-3-2-4-6-13)18-15-7-8-16-14(11-15)9-10-17-16/h2-8,11-12,17-18H,9-10H2,1H3. The fraction of sp³-hybridized carbons (Fsp3) is 0.250. The summed E-state index contributed by atoms with van der Waals surface area (Å²) in [5.41, 5.74) is 5.22. The van der Waals surface area contributed by atoms with Gasteiger partial charge < -0.3 is 10.6 Å². The van der Waals surface area contributed by atoms with E-state index in [4.69, 9.17) is 0 Å². The molecule has 0 radical (unpaired) electrons. The number of benzene rings is 2. The molecule has 1 aliphatic heterocycles. The van der Waals surface area contributed by atoms with E-state index in [1.54, 1.807) is 0 Å². The Hall–Kier alpha value is -1.96. The van der Waals surface area contributed by atoms with Crippen molar-refractivity contribution in [2.45, 2.75) is 19.4 Å². The maximum atomic E-state index is 3.56. The highest BCUT2D eigenvalue weighted by atomic mass is 14.9. The molecule has 2 nitrogen and oxygen atoms in total. The minimum absolute atomic E-state index is 0.332. The van der Waals surface area contributed by atoms with Crippen LogP contribution in [0, 0.1) is 0 Å². The lowest BCUT2D eigenvalue weighted by atomic mass is 10.1. The van der Waals surface area contributed by atoms with E-state index in [0.717, 1.165) is 13.0 Å². The van der Waals surface area contributed by atoms with Crippen molar-refractivity contribution < 1.29 is 0 Å². The average Bonchev–Trinajstić information content (AvgIpc) is 2.87. The van der Waals surface area contributed by atoms with Gasteiger partial charge in [-0.05, 0) is 42.7 Å². The van der Waals surface area contributed by atoms with Crippen LogP contribution in [0.25, 0.3) is 0 Å². The maximum Gasteiger partial charge on any atom is 0.0485 e. The van der Waals surface area contributed by atoms with Crippen molar-refractivity contribution in [2.75, 3.05) is 17.2 Å². The highest BCUT2D eigenvalue weighted by molar-refractivity contribution is 5.62. The van der Waals surface area contributed by atoms with Gasteiger partial charge in [0.15, 0.2) is 0 Å². The molecule has 2 aromatic carbocycles. The topological polar surface area (TPSA) is 24.1 Å². The van der Waals surface area contributed by atoms with E-state index < -0.39 is 0 Å². The summed E-state index contributed by atoms with van der Waals surface area (Å²) in [6.45, 7) is 3.26. The molecule has 1 aliphatic rings. The SMILES string of the molecule is CC(Nc1ccc2c(c1)CCN2)c1ccccc1. The molecule has 1 atom stereocenters. The van der Waals surface area contributed by atoms with Crippen LogP contribution in [0.15, 0.2) is 48.5 Å². The van der Waals surface area contributed by atoms with Gasteiger partial charge in [-0.3, -0.25) is 0 Å².